The van der Waals surface area contributed by atoms with Crippen LogP contribution in [-0.4, -0.2) is 70.6 Å². The van der Waals surface area contributed by atoms with Gasteiger partial charge in [0.05, 0.1) is 10.5 Å². The summed E-state index contributed by atoms with van der Waals surface area (Å²) >= 11 is 0. The van der Waals surface area contributed by atoms with Crippen LogP contribution < -0.4 is 10.0 Å². The van der Waals surface area contributed by atoms with Gasteiger partial charge >= 0.3 is 6.18 Å². The monoisotopic (exact) mass is 420 g/mol. The van der Waals surface area contributed by atoms with Gasteiger partial charge in [-0.3, -0.25) is 4.90 Å². The van der Waals surface area contributed by atoms with Crippen molar-refractivity contribution in [2.45, 2.75) is 36.4 Å². The molecule has 28 heavy (non-hydrogen) atoms. The molecule has 0 radical (unpaired) electrons. The van der Waals surface area contributed by atoms with E-state index in [0.717, 1.165) is 25.6 Å². The topological polar surface area (TPSA) is 69.9 Å². The Morgan fingerprint density at radius 2 is 1.79 bits per heavy atom. The zero-order valence-corrected chi connectivity index (χ0v) is 16.8. The molecule has 2 fully saturated rings. The molecule has 2 aliphatic rings. The first-order valence-corrected chi connectivity index (χ1v) is 11.0. The van der Waals surface area contributed by atoms with Crippen molar-refractivity contribution in [3.8, 4) is 0 Å². The third kappa shape index (κ3) is 4.97. The maximum atomic E-state index is 13.5. The number of likely N-dealkylation sites (N-methyl/N-ethyl adjacent to an activating group) is 1. The van der Waals surface area contributed by atoms with Crippen LogP contribution in [0.3, 0.4) is 0 Å². The van der Waals surface area contributed by atoms with E-state index in [2.05, 4.69) is 16.8 Å². The quantitative estimate of drug-likeness (QED) is 0.807. The SMILES string of the molecule is CN1CCCCC1CN1CCN(c2ccc(S(N)(=O)=O)cc2C(F)(F)F)CC1. The van der Waals surface area contributed by atoms with Gasteiger partial charge in [0, 0.05) is 44.5 Å². The lowest BCUT2D eigenvalue weighted by Gasteiger charge is -2.41. The third-order valence-corrected chi connectivity index (χ3v) is 6.62. The number of likely N-dealkylation sites (tertiary alicyclic amines) is 1. The maximum Gasteiger partial charge on any atom is 0.418 e. The summed E-state index contributed by atoms with van der Waals surface area (Å²) in [5.41, 5.74) is -0.950. The molecule has 2 aliphatic heterocycles. The van der Waals surface area contributed by atoms with Crippen molar-refractivity contribution < 1.29 is 21.6 Å². The number of nitrogens with two attached hydrogens (primary N) is 1. The van der Waals surface area contributed by atoms with E-state index < -0.39 is 26.7 Å². The summed E-state index contributed by atoms with van der Waals surface area (Å²) in [7, 11) is -2.07. The van der Waals surface area contributed by atoms with E-state index in [-0.39, 0.29) is 5.69 Å². The summed E-state index contributed by atoms with van der Waals surface area (Å²) in [6.45, 7) is 4.32. The molecule has 2 saturated heterocycles. The van der Waals surface area contributed by atoms with Gasteiger partial charge in [0.15, 0.2) is 0 Å². The van der Waals surface area contributed by atoms with E-state index >= 15 is 0 Å². The molecule has 1 aromatic carbocycles. The lowest BCUT2D eigenvalue weighted by atomic mass is 10.0. The number of piperazine rings is 1. The second kappa shape index (κ2) is 8.17. The van der Waals surface area contributed by atoms with Crippen molar-refractivity contribution in [3.63, 3.8) is 0 Å². The van der Waals surface area contributed by atoms with Crippen LogP contribution in [0.15, 0.2) is 23.1 Å². The van der Waals surface area contributed by atoms with Crippen LogP contribution in [0.1, 0.15) is 24.8 Å². The Balaban J connectivity index is 1.71. The Labute approximate surface area is 164 Å². The lowest BCUT2D eigenvalue weighted by Crippen LogP contribution is -2.52. The van der Waals surface area contributed by atoms with Crippen LogP contribution in [0.25, 0.3) is 0 Å². The second-order valence-corrected chi connectivity index (χ2v) is 9.20. The molecule has 2 N–H and O–H groups in total. The van der Waals surface area contributed by atoms with Gasteiger partial charge in [-0.1, -0.05) is 6.42 Å². The molecule has 3 rings (SSSR count). The van der Waals surface area contributed by atoms with E-state index in [1.807, 2.05) is 0 Å². The summed E-state index contributed by atoms with van der Waals surface area (Å²) in [5, 5.41) is 5.00. The molecule has 1 unspecified atom stereocenters. The zero-order valence-electron chi connectivity index (χ0n) is 16.0. The maximum absolute atomic E-state index is 13.5. The smallest absolute Gasteiger partial charge is 0.368 e. The molecule has 0 spiro atoms. The minimum Gasteiger partial charge on any atom is -0.368 e. The molecule has 0 amide bonds. The predicted octanol–water partition coefficient (Wildman–Crippen LogP) is 1.96. The van der Waals surface area contributed by atoms with Gasteiger partial charge in [-0.15, -0.1) is 0 Å². The third-order valence-electron chi connectivity index (χ3n) is 5.71. The highest BCUT2D eigenvalue weighted by molar-refractivity contribution is 7.89. The number of nitrogens with zero attached hydrogens (tertiary/aromatic N) is 3. The number of anilines is 1. The largest absolute Gasteiger partial charge is 0.418 e. The molecule has 1 atom stereocenters. The molecule has 2 heterocycles. The average molecular weight is 421 g/mol. The molecule has 0 saturated carbocycles. The normalized spacial score (nSPS) is 23.2. The fraction of sp³-hybridized carbons (Fsp3) is 0.667. The van der Waals surface area contributed by atoms with Crippen molar-refractivity contribution in [1.82, 2.24) is 9.80 Å². The van der Waals surface area contributed by atoms with E-state index in [4.69, 9.17) is 5.14 Å². The van der Waals surface area contributed by atoms with Crippen LogP contribution in [0.5, 0.6) is 0 Å². The number of piperidine rings is 1. The van der Waals surface area contributed by atoms with Crippen molar-refractivity contribution >= 4 is 15.7 Å². The molecule has 158 valence electrons. The van der Waals surface area contributed by atoms with Gasteiger partial charge < -0.3 is 9.80 Å². The van der Waals surface area contributed by atoms with Crippen molar-refractivity contribution in [2.24, 2.45) is 5.14 Å². The molecule has 1 aromatic rings. The standard InChI is InChI=1S/C18H27F3N4O2S/c1-23-7-3-2-4-14(23)13-24-8-10-25(11-9-24)17-6-5-15(28(22,26)27)12-16(17)18(19,20)21/h5-6,12,14H,2-4,7-11,13H2,1H3,(H2,22,26,27). The van der Waals surface area contributed by atoms with Crippen LogP contribution in [-0.2, 0) is 16.2 Å². The number of primary sulfonamides is 1. The van der Waals surface area contributed by atoms with Gasteiger partial charge in [0.2, 0.25) is 10.0 Å². The fourth-order valence-corrected chi connectivity index (χ4v) is 4.58. The van der Waals surface area contributed by atoms with E-state index in [1.54, 1.807) is 4.90 Å². The van der Waals surface area contributed by atoms with Gasteiger partial charge in [-0.2, -0.15) is 13.2 Å². The first kappa shape index (κ1) is 21.4. The van der Waals surface area contributed by atoms with Gasteiger partial charge in [-0.25, -0.2) is 13.6 Å². The summed E-state index contributed by atoms with van der Waals surface area (Å²) in [4.78, 5) is 5.82. The molecule has 10 heteroatoms. The summed E-state index contributed by atoms with van der Waals surface area (Å²) in [6.07, 6.45) is -1.06. The minimum absolute atomic E-state index is 0.00864. The van der Waals surface area contributed by atoms with Crippen molar-refractivity contribution in [1.29, 1.82) is 0 Å². The summed E-state index contributed by atoms with van der Waals surface area (Å²) in [5.74, 6) is 0. The second-order valence-electron chi connectivity index (χ2n) is 7.64. The summed E-state index contributed by atoms with van der Waals surface area (Å²) in [6, 6.07) is 3.49. The Hall–Kier alpha value is -1.36. The molecular formula is C18H27F3N4O2S. The van der Waals surface area contributed by atoms with Crippen LogP contribution >= 0.6 is 0 Å². The average Bonchev–Trinajstić information content (AvgIpc) is 2.62. The van der Waals surface area contributed by atoms with E-state index in [0.29, 0.717) is 38.3 Å². The molecule has 0 aliphatic carbocycles. The van der Waals surface area contributed by atoms with Gasteiger partial charge in [0.1, 0.15) is 0 Å². The lowest BCUT2D eigenvalue weighted by molar-refractivity contribution is -0.137. The number of halogens is 3. The number of rotatable bonds is 4. The first-order valence-electron chi connectivity index (χ1n) is 9.47. The summed E-state index contributed by atoms with van der Waals surface area (Å²) < 4.78 is 63.5. The predicted molar refractivity (Wildman–Crippen MR) is 102 cm³/mol. The van der Waals surface area contributed by atoms with E-state index in [1.165, 1.54) is 18.9 Å². The van der Waals surface area contributed by atoms with Crippen LogP contribution in [0, 0.1) is 0 Å². The highest BCUT2D eigenvalue weighted by atomic mass is 32.2. The zero-order chi connectivity index (χ0) is 20.5. The van der Waals surface area contributed by atoms with Gasteiger partial charge in [0.25, 0.3) is 0 Å². The van der Waals surface area contributed by atoms with Crippen molar-refractivity contribution in [2.75, 3.05) is 51.2 Å². The number of alkyl halides is 3. The Morgan fingerprint density at radius 3 is 2.36 bits per heavy atom. The highest BCUT2D eigenvalue weighted by Gasteiger charge is 2.37. The van der Waals surface area contributed by atoms with Gasteiger partial charge in [-0.05, 0) is 44.6 Å². The van der Waals surface area contributed by atoms with E-state index in [9.17, 15) is 21.6 Å². The highest BCUT2D eigenvalue weighted by Crippen LogP contribution is 2.38. The molecule has 0 bridgehead atoms. The van der Waals surface area contributed by atoms with Crippen LogP contribution in [0.4, 0.5) is 18.9 Å². The fourth-order valence-electron chi connectivity index (χ4n) is 4.04. The molecule has 6 nitrogen and oxygen atoms in total. The minimum atomic E-state index is -4.65. The number of hydrogen-bond donors (Lipinski definition) is 1. The Kier molecular flexibility index (Phi) is 6.23. The molecular weight excluding hydrogens is 393 g/mol. The molecule has 0 aromatic heterocycles. The number of sulfonamides is 1. The Bertz CT molecular complexity index is 793. The first-order chi connectivity index (χ1) is 13.1. The van der Waals surface area contributed by atoms with Crippen molar-refractivity contribution in [3.05, 3.63) is 23.8 Å². The Morgan fingerprint density at radius 1 is 1.11 bits per heavy atom. The number of benzene rings is 1. The van der Waals surface area contributed by atoms with Crippen LogP contribution in [0.2, 0.25) is 0 Å². The number of hydrogen-bond acceptors (Lipinski definition) is 5.